The van der Waals surface area contributed by atoms with Crippen LogP contribution in [0.15, 0.2) is 36.7 Å². The Kier molecular flexibility index (Phi) is 39.2. The molecule has 5 saturated heterocycles. The first-order valence-electron chi connectivity index (χ1n) is 37.8. The number of ether oxygens (including phenoxy) is 7. The number of β-amino-alcohol motifs (C(OH)–C–C–N with tert-alkyl or cyclic N) is 5. The molecule has 5 aliphatic heterocycles. The monoisotopic (exact) mass is 1420 g/mol. The quantitative estimate of drug-likeness (QED) is 0.0329. The van der Waals surface area contributed by atoms with E-state index < -0.39 is 59.7 Å². The van der Waals surface area contributed by atoms with E-state index in [9.17, 15) is 40.9 Å². The predicted octanol–water partition coefficient (Wildman–Crippen LogP) is -2.39. The number of nitrogens with one attached hydrogen (secondary N) is 7. The van der Waals surface area contributed by atoms with Crippen LogP contribution in [0.2, 0.25) is 0 Å². The third-order valence-corrected chi connectivity index (χ3v) is 19.9. The molecule has 0 aromatic carbocycles. The van der Waals surface area contributed by atoms with Crippen molar-refractivity contribution in [2.24, 2.45) is 16.7 Å². The van der Waals surface area contributed by atoms with E-state index in [0.717, 1.165) is 144 Å². The molecule has 1 saturated carbocycles. The Labute approximate surface area is 595 Å². The van der Waals surface area contributed by atoms with Crippen LogP contribution in [0.3, 0.4) is 0 Å². The van der Waals surface area contributed by atoms with E-state index in [2.05, 4.69) is 71.7 Å². The fourth-order valence-electron chi connectivity index (χ4n) is 14.3. The summed E-state index contributed by atoms with van der Waals surface area (Å²) in [6.07, 6.45) is 5.79. The second kappa shape index (κ2) is 47.5. The molecule has 0 amide bonds. The lowest BCUT2D eigenvalue weighted by atomic mass is 9.84. The zero-order valence-electron chi connectivity index (χ0n) is 60.1. The van der Waals surface area contributed by atoms with E-state index in [0.29, 0.717) is 87.1 Å². The first-order valence-corrected chi connectivity index (χ1v) is 37.8. The van der Waals surface area contributed by atoms with Gasteiger partial charge in [-0.25, -0.2) is 0 Å². The summed E-state index contributed by atoms with van der Waals surface area (Å²) in [7, 11) is 0. The molecule has 8 rings (SSSR count). The van der Waals surface area contributed by atoms with Crippen molar-refractivity contribution in [3.8, 4) is 11.4 Å². The molecule has 29 heteroatoms. The minimum Gasteiger partial charge on any atom is -0.392 e. The van der Waals surface area contributed by atoms with E-state index in [-0.39, 0.29) is 106 Å². The topological polar surface area (TPSA) is 353 Å². The summed E-state index contributed by atoms with van der Waals surface area (Å²) < 4.78 is 44.5. The summed E-state index contributed by atoms with van der Waals surface area (Å²) in [5, 5.41) is 113. The van der Waals surface area contributed by atoms with Gasteiger partial charge in [-0.05, 0) is 49.4 Å². The van der Waals surface area contributed by atoms with Crippen LogP contribution in [0.5, 0.6) is 0 Å². The highest BCUT2D eigenvalue weighted by Gasteiger charge is 2.36. The van der Waals surface area contributed by atoms with Gasteiger partial charge in [-0.2, -0.15) is 0 Å². The fraction of sp³-hybridized carbons (Fsp3) is 0.859. The summed E-state index contributed by atoms with van der Waals surface area (Å²) in [5.41, 5.74) is 0.917. The van der Waals surface area contributed by atoms with E-state index in [4.69, 9.17) is 33.2 Å². The van der Waals surface area contributed by atoms with Crippen LogP contribution in [0.4, 0.5) is 11.4 Å². The molecule has 2 aromatic heterocycles. The number of hydrogen-bond donors (Lipinski definition) is 15. The molecule has 100 heavy (non-hydrogen) atoms. The maximum Gasteiger partial charge on any atom is 0.0945 e. The van der Waals surface area contributed by atoms with Crippen LogP contribution in [0, 0.1) is 16.7 Å². The Morgan fingerprint density at radius 1 is 0.390 bits per heavy atom. The Bertz CT molecular complexity index is 2090. The lowest BCUT2D eigenvalue weighted by Gasteiger charge is -2.35. The maximum atomic E-state index is 11.4. The van der Waals surface area contributed by atoms with Crippen molar-refractivity contribution in [3.63, 3.8) is 0 Å². The third-order valence-electron chi connectivity index (χ3n) is 19.9. The lowest BCUT2D eigenvalue weighted by molar-refractivity contribution is -0.133. The molecular formula is C71H130N14O15. The van der Waals surface area contributed by atoms with Gasteiger partial charge in [0.15, 0.2) is 0 Å². The van der Waals surface area contributed by atoms with Gasteiger partial charge in [0, 0.05) is 206 Å². The lowest BCUT2D eigenvalue weighted by Crippen LogP contribution is -2.48. The number of nitrogens with zero attached hydrogens (tertiary/aromatic N) is 7. The van der Waals surface area contributed by atoms with Crippen molar-refractivity contribution in [1.29, 1.82) is 0 Å². The molecule has 0 spiro atoms. The number of hydrogen-bond acceptors (Lipinski definition) is 29. The average Bonchev–Trinajstić information content (AvgIpc) is 0.884. The molecule has 7 heterocycles. The molecule has 2 aromatic rings. The number of aliphatic hydroxyl groups excluding tert-OH is 8. The molecule has 1 aliphatic carbocycles. The van der Waals surface area contributed by atoms with Crippen molar-refractivity contribution >= 4 is 11.4 Å². The van der Waals surface area contributed by atoms with Crippen LogP contribution in [0.25, 0.3) is 11.4 Å². The van der Waals surface area contributed by atoms with Crippen LogP contribution in [0.1, 0.15) is 57.8 Å². The fourth-order valence-corrected chi connectivity index (χ4v) is 14.3. The average molecular weight is 1420 g/mol. The van der Waals surface area contributed by atoms with Gasteiger partial charge in [0.1, 0.15) is 0 Å². The Morgan fingerprint density at radius 2 is 0.690 bits per heavy atom. The molecular weight excluding hydrogens is 1290 g/mol. The number of anilines is 2. The van der Waals surface area contributed by atoms with Gasteiger partial charge in [0.2, 0.25) is 0 Å². The largest absolute Gasteiger partial charge is 0.392 e. The molecule has 8 unspecified atom stereocenters. The zero-order chi connectivity index (χ0) is 70.3. The molecule has 574 valence electrons. The van der Waals surface area contributed by atoms with Gasteiger partial charge in [0.25, 0.3) is 0 Å². The smallest absolute Gasteiger partial charge is 0.0945 e. The van der Waals surface area contributed by atoms with Gasteiger partial charge in [-0.15, -0.1) is 0 Å². The Hall–Kier alpha value is -3.10. The van der Waals surface area contributed by atoms with E-state index in [1.807, 2.05) is 24.3 Å². The number of aliphatic hydroxyl groups is 8. The van der Waals surface area contributed by atoms with Gasteiger partial charge in [-0.1, -0.05) is 38.5 Å². The number of rotatable bonds is 51. The van der Waals surface area contributed by atoms with Crippen molar-refractivity contribution in [1.82, 2.24) is 61.1 Å². The SMILES string of the molecule is OC(CNc1ccnc(-c2cc(NCC(O)COCC(COCC(O)CC3CCCCC3)(COCC(O)CN3CCNCC3)COCC(O)CN3CCNCC3)ccn2)c1)COCC(CCCC(O)CN1CCNCC1)(COCC(O)CN1CCNCC1)COCC(O)CN1CCNCC1. The van der Waals surface area contributed by atoms with Gasteiger partial charge >= 0.3 is 0 Å². The molecule has 6 aliphatic rings. The number of aromatic nitrogens is 2. The van der Waals surface area contributed by atoms with E-state index in [1.165, 1.54) is 19.3 Å². The first-order chi connectivity index (χ1) is 48.7. The van der Waals surface area contributed by atoms with Gasteiger partial charge in [-0.3, -0.25) is 34.5 Å². The summed E-state index contributed by atoms with van der Waals surface area (Å²) >= 11 is 0. The van der Waals surface area contributed by atoms with Crippen LogP contribution in [-0.4, -0.2) is 393 Å². The third kappa shape index (κ3) is 33.1. The molecule has 29 nitrogen and oxygen atoms in total. The van der Waals surface area contributed by atoms with Gasteiger partial charge in [0.05, 0.1) is 158 Å². The van der Waals surface area contributed by atoms with Gasteiger partial charge < -0.3 is 111 Å². The maximum absolute atomic E-state index is 11.4. The second-order valence-electron chi connectivity index (χ2n) is 29.3. The molecule has 6 fully saturated rings. The number of pyridine rings is 2. The van der Waals surface area contributed by atoms with Crippen molar-refractivity contribution in [3.05, 3.63) is 36.7 Å². The Morgan fingerprint density at radius 3 is 1.03 bits per heavy atom. The van der Waals surface area contributed by atoms with Crippen molar-refractivity contribution < 1.29 is 74.0 Å². The summed E-state index contributed by atoms with van der Waals surface area (Å²) in [4.78, 5) is 20.4. The highest BCUT2D eigenvalue weighted by Crippen LogP contribution is 2.31. The van der Waals surface area contributed by atoms with Crippen LogP contribution < -0.4 is 37.2 Å². The minimum atomic E-state index is -0.945. The molecule has 0 radical (unpaired) electrons. The number of piperazine rings is 5. The Balaban J connectivity index is 0.842. The van der Waals surface area contributed by atoms with Crippen molar-refractivity contribution in [2.45, 2.75) is 107 Å². The highest BCUT2D eigenvalue weighted by molar-refractivity contribution is 5.64. The van der Waals surface area contributed by atoms with E-state index >= 15 is 0 Å². The first kappa shape index (κ1) is 82.6. The normalized spacial score (nSPS) is 22.3. The predicted molar refractivity (Wildman–Crippen MR) is 385 cm³/mol. The van der Waals surface area contributed by atoms with Crippen LogP contribution in [-0.2, 0) is 33.2 Å². The summed E-state index contributed by atoms with van der Waals surface area (Å²) in [6.45, 7) is 21.6. The molecule has 0 bridgehead atoms. The highest BCUT2D eigenvalue weighted by atomic mass is 16.5. The zero-order valence-corrected chi connectivity index (χ0v) is 60.1. The molecule has 15 N–H and O–H groups in total. The second-order valence-corrected chi connectivity index (χ2v) is 29.3. The minimum absolute atomic E-state index is 0.00368. The summed E-state index contributed by atoms with van der Waals surface area (Å²) in [6, 6.07) is 7.33. The van der Waals surface area contributed by atoms with Crippen LogP contribution >= 0.6 is 0 Å². The standard InChI is InChI=1S/C71H130N14O15/c86-60(38-81-23-13-72-14-24-81)7-4-10-70(51-97-46-64(90)39-82-25-15-73-16-26-82,52-98-47-65(91)40-83-27-17-74-18-28-83)50-95-44-62(88)36-79-58-8-11-77-68(34-58)69-35-59(9-12-78-69)80-37-63(89)45-96-54-71(53-94-43-61(87)33-57-5-2-1-3-6-57,55-99-48-66(92)41-84-29-19-75-20-30-84)56-100-49-67(93)42-85-31-21-76-22-32-85/h8-9,11-12,34-35,57,60-67,72-76,86-93H,1-7,10,13-33,36-56H2,(H,77,79)(H,78,80). The summed E-state index contributed by atoms with van der Waals surface area (Å²) in [5.74, 6) is 0.470. The molecule has 8 atom stereocenters. The van der Waals surface area contributed by atoms with Crippen molar-refractivity contribution in [2.75, 3.05) is 280 Å². The van der Waals surface area contributed by atoms with E-state index in [1.54, 1.807) is 12.4 Å².